The standard InChI is InChI=1S/C21H27N3O2/c1-16(18-6-4-3-5-7-18)24-14-17(15-24)12-13-26-20-10-8-19(9-11-20)23-21(25)22-2/h3-11,16-17H,12-15H2,1-2H3,(H2,22,23,25). The molecule has 2 N–H and O–H groups in total. The highest BCUT2D eigenvalue weighted by Gasteiger charge is 2.30. The molecule has 1 heterocycles. The minimum absolute atomic E-state index is 0.224. The number of carbonyl (C=O) groups is 1. The van der Waals surface area contributed by atoms with Crippen LogP contribution in [0.4, 0.5) is 10.5 Å². The lowest BCUT2D eigenvalue weighted by molar-refractivity contribution is 0.0467. The van der Waals surface area contributed by atoms with Gasteiger partial charge in [-0.1, -0.05) is 30.3 Å². The summed E-state index contributed by atoms with van der Waals surface area (Å²) in [5.74, 6) is 1.54. The fourth-order valence-corrected chi connectivity index (χ4v) is 3.22. The Morgan fingerprint density at radius 1 is 1.15 bits per heavy atom. The monoisotopic (exact) mass is 353 g/mol. The largest absolute Gasteiger partial charge is 0.494 e. The number of anilines is 1. The minimum atomic E-state index is -0.224. The van der Waals surface area contributed by atoms with E-state index >= 15 is 0 Å². The molecule has 2 amide bonds. The first kappa shape index (κ1) is 18.3. The Labute approximate surface area is 155 Å². The highest BCUT2D eigenvalue weighted by Crippen LogP contribution is 2.29. The molecule has 138 valence electrons. The van der Waals surface area contributed by atoms with Crippen LogP contribution in [-0.2, 0) is 0 Å². The smallest absolute Gasteiger partial charge is 0.318 e. The number of nitrogens with one attached hydrogen (secondary N) is 2. The van der Waals surface area contributed by atoms with E-state index in [1.807, 2.05) is 24.3 Å². The molecule has 1 unspecified atom stereocenters. The molecule has 26 heavy (non-hydrogen) atoms. The van der Waals surface area contributed by atoms with Crippen LogP contribution >= 0.6 is 0 Å². The maximum absolute atomic E-state index is 11.3. The Bertz CT molecular complexity index is 697. The van der Waals surface area contributed by atoms with E-state index in [1.165, 1.54) is 5.56 Å². The molecule has 1 aliphatic rings. The number of likely N-dealkylation sites (tertiary alicyclic amines) is 1. The van der Waals surface area contributed by atoms with Crippen LogP contribution in [0.15, 0.2) is 54.6 Å². The van der Waals surface area contributed by atoms with Gasteiger partial charge in [-0.15, -0.1) is 0 Å². The molecule has 3 rings (SSSR count). The van der Waals surface area contributed by atoms with E-state index in [-0.39, 0.29) is 6.03 Å². The van der Waals surface area contributed by atoms with Gasteiger partial charge in [-0.3, -0.25) is 4.90 Å². The number of benzene rings is 2. The predicted octanol–water partition coefficient (Wildman–Crippen LogP) is 3.90. The number of rotatable bonds is 7. The summed E-state index contributed by atoms with van der Waals surface area (Å²) >= 11 is 0. The normalized spacial score (nSPS) is 15.8. The first-order chi connectivity index (χ1) is 12.7. The maximum atomic E-state index is 11.3. The molecular weight excluding hydrogens is 326 g/mol. The van der Waals surface area contributed by atoms with Gasteiger partial charge >= 0.3 is 6.03 Å². The number of nitrogens with zero attached hydrogens (tertiary/aromatic N) is 1. The van der Waals surface area contributed by atoms with E-state index in [0.717, 1.165) is 37.6 Å². The molecule has 1 atom stereocenters. The first-order valence-electron chi connectivity index (χ1n) is 9.16. The quantitative estimate of drug-likeness (QED) is 0.794. The van der Waals surface area contributed by atoms with Crippen molar-refractivity contribution in [1.82, 2.24) is 10.2 Å². The highest BCUT2D eigenvalue weighted by molar-refractivity contribution is 5.88. The molecule has 1 fully saturated rings. The van der Waals surface area contributed by atoms with Crippen molar-refractivity contribution in [2.24, 2.45) is 5.92 Å². The Balaban J connectivity index is 1.35. The van der Waals surface area contributed by atoms with E-state index in [0.29, 0.717) is 12.0 Å². The van der Waals surface area contributed by atoms with Crippen molar-refractivity contribution in [2.75, 3.05) is 32.1 Å². The molecule has 0 saturated carbocycles. The molecule has 0 aliphatic carbocycles. The van der Waals surface area contributed by atoms with Crippen molar-refractivity contribution in [3.8, 4) is 5.75 Å². The molecule has 5 nitrogen and oxygen atoms in total. The summed E-state index contributed by atoms with van der Waals surface area (Å²) < 4.78 is 5.83. The van der Waals surface area contributed by atoms with E-state index in [1.54, 1.807) is 7.05 Å². The van der Waals surface area contributed by atoms with Gasteiger partial charge < -0.3 is 15.4 Å². The second-order valence-electron chi connectivity index (χ2n) is 6.77. The maximum Gasteiger partial charge on any atom is 0.318 e. The van der Waals surface area contributed by atoms with Gasteiger partial charge in [0.05, 0.1) is 6.61 Å². The lowest BCUT2D eigenvalue weighted by Gasteiger charge is -2.43. The van der Waals surface area contributed by atoms with Gasteiger partial charge in [-0.2, -0.15) is 0 Å². The summed E-state index contributed by atoms with van der Waals surface area (Å²) in [6.07, 6.45) is 1.07. The number of carbonyl (C=O) groups excluding carboxylic acids is 1. The summed E-state index contributed by atoms with van der Waals surface area (Å²) in [4.78, 5) is 13.8. The van der Waals surface area contributed by atoms with Gasteiger partial charge in [0, 0.05) is 31.9 Å². The van der Waals surface area contributed by atoms with E-state index in [4.69, 9.17) is 4.74 Å². The van der Waals surface area contributed by atoms with Crippen LogP contribution in [0.5, 0.6) is 5.75 Å². The number of hydrogen-bond donors (Lipinski definition) is 2. The zero-order chi connectivity index (χ0) is 18.4. The lowest BCUT2D eigenvalue weighted by atomic mass is 9.93. The Kier molecular flexibility index (Phi) is 6.12. The molecule has 2 aromatic carbocycles. The van der Waals surface area contributed by atoms with E-state index in [2.05, 4.69) is 52.8 Å². The van der Waals surface area contributed by atoms with Gasteiger partial charge in [0.1, 0.15) is 5.75 Å². The minimum Gasteiger partial charge on any atom is -0.494 e. The fourth-order valence-electron chi connectivity index (χ4n) is 3.22. The third-order valence-corrected chi connectivity index (χ3v) is 4.95. The highest BCUT2D eigenvalue weighted by atomic mass is 16.5. The summed E-state index contributed by atoms with van der Waals surface area (Å²) in [7, 11) is 1.59. The van der Waals surface area contributed by atoms with E-state index in [9.17, 15) is 4.79 Å². The molecular formula is C21H27N3O2. The SMILES string of the molecule is CNC(=O)Nc1ccc(OCCC2CN(C(C)c3ccccc3)C2)cc1. The number of amides is 2. The lowest BCUT2D eigenvalue weighted by Crippen LogP contribution is -2.48. The molecule has 1 aliphatic heterocycles. The Morgan fingerprint density at radius 2 is 1.85 bits per heavy atom. The Hall–Kier alpha value is -2.53. The van der Waals surface area contributed by atoms with Crippen molar-refractivity contribution in [3.63, 3.8) is 0 Å². The number of urea groups is 1. The van der Waals surface area contributed by atoms with Crippen LogP contribution in [0.1, 0.15) is 24.9 Å². The van der Waals surface area contributed by atoms with Gasteiger partial charge in [-0.05, 0) is 49.1 Å². The van der Waals surface area contributed by atoms with Crippen LogP contribution in [-0.4, -0.2) is 37.7 Å². The van der Waals surface area contributed by atoms with Crippen LogP contribution in [0, 0.1) is 5.92 Å². The molecule has 0 spiro atoms. The van der Waals surface area contributed by atoms with Crippen molar-refractivity contribution in [2.45, 2.75) is 19.4 Å². The van der Waals surface area contributed by atoms with Gasteiger partial charge in [0.2, 0.25) is 0 Å². The molecule has 0 aromatic heterocycles. The third kappa shape index (κ3) is 4.76. The van der Waals surface area contributed by atoms with Crippen molar-refractivity contribution in [3.05, 3.63) is 60.2 Å². The molecule has 2 aromatic rings. The third-order valence-electron chi connectivity index (χ3n) is 4.95. The zero-order valence-corrected chi connectivity index (χ0v) is 15.4. The second kappa shape index (κ2) is 8.72. The van der Waals surface area contributed by atoms with Crippen molar-refractivity contribution in [1.29, 1.82) is 0 Å². The van der Waals surface area contributed by atoms with Crippen molar-refractivity contribution < 1.29 is 9.53 Å². The summed E-state index contributed by atoms with van der Waals surface area (Å²) in [5, 5.41) is 5.25. The van der Waals surface area contributed by atoms with Crippen LogP contribution < -0.4 is 15.4 Å². The van der Waals surface area contributed by atoms with Crippen molar-refractivity contribution >= 4 is 11.7 Å². The first-order valence-corrected chi connectivity index (χ1v) is 9.16. The molecule has 0 bridgehead atoms. The van der Waals surface area contributed by atoms with Crippen LogP contribution in [0.3, 0.4) is 0 Å². The van der Waals surface area contributed by atoms with Crippen LogP contribution in [0.25, 0.3) is 0 Å². The summed E-state index contributed by atoms with van der Waals surface area (Å²) in [6, 6.07) is 18.4. The zero-order valence-electron chi connectivity index (χ0n) is 15.4. The van der Waals surface area contributed by atoms with Gasteiger partial charge in [-0.25, -0.2) is 4.79 Å². The average molecular weight is 353 g/mol. The summed E-state index contributed by atoms with van der Waals surface area (Å²) in [6.45, 7) is 5.26. The summed E-state index contributed by atoms with van der Waals surface area (Å²) in [5.41, 5.74) is 2.13. The average Bonchev–Trinajstić information content (AvgIpc) is 2.65. The predicted molar refractivity (Wildman–Crippen MR) is 105 cm³/mol. The molecule has 1 saturated heterocycles. The van der Waals surface area contributed by atoms with Gasteiger partial charge in [0.15, 0.2) is 0 Å². The fraction of sp³-hybridized carbons (Fsp3) is 0.381. The second-order valence-corrected chi connectivity index (χ2v) is 6.77. The number of ether oxygens (including phenoxy) is 1. The van der Waals surface area contributed by atoms with Gasteiger partial charge in [0.25, 0.3) is 0 Å². The topological polar surface area (TPSA) is 53.6 Å². The van der Waals surface area contributed by atoms with Crippen LogP contribution in [0.2, 0.25) is 0 Å². The molecule has 5 heteroatoms. The number of hydrogen-bond acceptors (Lipinski definition) is 3. The van der Waals surface area contributed by atoms with E-state index < -0.39 is 0 Å². The Morgan fingerprint density at radius 3 is 2.50 bits per heavy atom. The molecule has 0 radical (unpaired) electrons.